The van der Waals surface area contributed by atoms with Gasteiger partial charge in [-0.05, 0) is 24.4 Å². The fourth-order valence-electron chi connectivity index (χ4n) is 2.60. The molecule has 1 fully saturated rings. The molecule has 2 aromatic rings. The van der Waals surface area contributed by atoms with E-state index < -0.39 is 10.0 Å². The van der Waals surface area contributed by atoms with Crippen LogP contribution in [0.25, 0.3) is 0 Å². The van der Waals surface area contributed by atoms with E-state index in [1.807, 2.05) is 10.8 Å². The summed E-state index contributed by atoms with van der Waals surface area (Å²) in [5.41, 5.74) is 0. The summed E-state index contributed by atoms with van der Waals surface area (Å²) in [6.45, 7) is 1.14. The Morgan fingerprint density at radius 1 is 1.52 bits per heavy atom. The van der Waals surface area contributed by atoms with Crippen molar-refractivity contribution in [1.29, 1.82) is 0 Å². The lowest BCUT2D eigenvalue weighted by molar-refractivity contribution is 0.346. The molecule has 1 aliphatic rings. The number of nitrogens with zero attached hydrogens (tertiary/aromatic N) is 4. The van der Waals surface area contributed by atoms with E-state index in [1.165, 1.54) is 12.5 Å². The zero-order valence-corrected chi connectivity index (χ0v) is 13.2. The van der Waals surface area contributed by atoms with E-state index in [4.69, 9.17) is 4.74 Å². The Labute approximate surface area is 127 Å². The molecule has 0 unspecified atom stereocenters. The SMILES string of the molecule is COc1nscc1S(=O)(=O)N1CCC[C@@H]1Cn1ccnc1. The van der Waals surface area contributed by atoms with Gasteiger partial charge >= 0.3 is 0 Å². The summed E-state index contributed by atoms with van der Waals surface area (Å²) < 4.78 is 38.1. The summed E-state index contributed by atoms with van der Waals surface area (Å²) in [7, 11) is -2.14. The molecule has 0 aliphatic carbocycles. The Balaban J connectivity index is 1.87. The third-order valence-corrected chi connectivity index (χ3v) is 6.30. The summed E-state index contributed by atoms with van der Waals surface area (Å²) in [4.78, 5) is 4.16. The van der Waals surface area contributed by atoms with Crippen LogP contribution in [0, 0.1) is 0 Å². The van der Waals surface area contributed by atoms with Gasteiger partial charge in [0.2, 0.25) is 15.9 Å². The van der Waals surface area contributed by atoms with Crippen molar-refractivity contribution in [2.75, 3.05) is 13.7 Å². The van der Waals surface area contributed by atoms with Crippen molar-refractivity contribution in [1.82, 2.24) is 18.2 Å². The number of sulfonamides is 1. The maximum atomic E-state index is 12.8. The Bertz CT molecular complexity index is 696. The topological polar surface area (TPSA) is 77.3 Å². The third kappa shape index (κ3) is 2.68. The monoisotopic (exact) mass is 328 g/mol. The molecule has 3 rings (SSSR count). The largest absolute Gasteiger partial charge is 0.479 e. The van der Waals surface area contributed by atoms with Crippen molar-refractivity contribution >= 4 is 21.6 Å². The van der Waals surface area contributed by atoms with Crippen molar-refractivity contribution < 1.29 is 13.2 Å². The Morgan fingerprint density at radius 3 is 3.10 bits per heavy atom. The van der Waals surface area contributed by atoms with Gasteiger partial charge in [0.15, 0.2) is 4.90 Å². The first-order valence-corrected chi connectivity index (χ1v) is 8.86. The summed E-state index contributed by atoms with van der Waals surface area (Å²) in [6.07, 6.45) is 6.95. The van der Waals surface area contributed by atoms with Crippen LogP contribution in [0.2, 0.25) is 0 Å². The van der Waals surface area contributed by atoms with Crippen LogP contribution in [0.4, 0.5) is 0 Å². The second-order valence-corrected chi connectivity index (χ2v) is 7.35. The molecule has 0 spiro atoms. The summed E-state index contributed by atoms with van der Waals surface area (Å²) in [6, 6.07) is -0.0613. The van der Waals surface area contributed by atoms with Crippen LogP contribution in [0.3, 0.4) is 0 Å². The number of rotatable bonds is 5. The van der Waals surface area contributed by atoms with Gasteiger partial charge in [0.05, 0.1) is 13.4 Å². The lowest BCUT2D eigenvalue weighted by atomic mass is 10.2. The van der Waals surface area contributed by atoms with Gasteiger partial charge in [-0.3, -0.25) is 0 Å². The molecule has 3 heterocycles. The molecule has 114 valence electrons. The van der Waals surface area contributed by atoms with Gasteiger partial charge in [-0.2, -0.15) is 8.68 Å². The van der Waals surface area contributed by atoms with Gasteiger partial charge in [-0.15, -0.1) is 0 Å². The predicted molar refractivity (Wildman–Crippen MR) is 77.8 cm³/mol. The molecule has 0 radical (unpaired) electrons. The van der Waals surface area contributed by atoms with E-state index in [0.29, 0.717) is 13.1 Å². The van der Waals surface area contributed by atoms with Crippen LogP contribution < -0.4 is 4.74 Å². The molecule has 0 bridgehead atoms. The van der Waals surface area contributed by atoms with Crippen molar-refractivity contribution in [3.05, 3.63) is 24.1 Å². The van der Waals surface area contributed by atoms with Gasteiger partial charge in [0.25, 0.3) is 0 Å². The standard InChI is InChI=1S/C12H16N4O3S2/c1-19-12-11(8-20-14-12)21(17,18)16-5-2-3-10(16)7-15-6-4-13-9-15/h4,6,8-10H,2-3,5,7H2,1H3/t10-/m1/s1. The van der Waals surface area contributed by atoms with Gasteiger partial charge < -0.3 is 9.30 Å². The molecule has 9 heteroatoms. The Morgan fingerprint density at radius 2 is 2.38 bits per heavy atom. The maximum absolute atomic E-state index is 12.8. The van der Waals surface area contributed by atoms with E-state index in [0.717, 1.165) is 24.4 Å². The fourth-order valence-corrected chi connectivity index (χ4v) is 5.33. The minimum atomic E-state index is -3.57. The molecule has 1 atom stereocenters. The normalized spacial score (nSPS) is 20.0. The molecule has 2 aromatic heterocycles. The minimum absolute atomic E-state index is 0.0613. The van der Waals surface area contributed by atoms with Gasteiger partial charge in [-0.1, -0.05) is 0 Å². The molecule has 7 nitrogen and oxygen atoms in total. The molecule has 0 saturated carbocycles. The van der Waals surface area contributed by atoms with E-state index >= 15 is 0 Å². The lowest BCUT2D eigenvalue weighted by Gasteiger charge is -2.23. The molecule has 0 aromatic carbocycles. The molecule has 1 saturated heterocycles. The van der Waals surface area contributed by atoms with E-state index in [9.17, 15) is 8.42 Å². The fraction of sp³-hybridized carbons (Fsp3) is 0.500. The van der Waals surface area contributed by atoms with Crippen LogP contribution in [-0.4, -0.2) is 46.3 Å². The average molecular weight is 328 g/mol. The molecule has 0 N–H and O–H groups in total. The first-order valence-electron chi connectivity index (χ1n) is 6.59. The number of aromatic nitrogens is 3. The van der Waals surface area contributed by atoms with Crippen LogP contribution in [0.15, 0.2) is 29.0 Å². The van der Waals surface area contributed by atoms with Crippen LogP contribution >= 0.6 is 11.5 Å². The summed E-state index contributed by atoms with van der Waals surface area (Å²) in [5, 5.41) is 1.53. The number of imidazole rings is 1. The van der Waals surface area contributed by atoms with Crippen molar-refractivity contribution in [3.8, 4) is 5.88 Å². The Kier molecular flexibility index (Phi) is 3.96. The predicted octanol–water partition coefficient (Wildman–Crippen LogP) is 1.20. The Hall–Kier alpha value is -1.45. The van der Waals surface area contributed by atoms with E-state index in [1.54, 1.807) is 16.8 Å². The molecular weight excluding hydrogens is 312 g/mol. The van der Waals surface area contributed by atoms with Crippen molar-refractivity contribution in [3.63, 3.8) is 0 Å². The number of ether oxygens (including phenoxy) is 1. The minimum Gasteiger partial charge on any atom is -0.479 e. The summed E-state index contributed by atoms with van der Waals surface area (Å²) in [5.74, 6) is 0.174. The molecule has 1 aliphatic heterocycles. The van der Waals surface area contributed by atoms with Gasteiger partial charge in [0.1, 0.15) is 0 Å². The van der Waals surface area contributed by atoms with Crippen molar-refractivity contribution in [2.45, 2.75) is 30.3 Å². The molecule has 0 amide bonds. The quantitative estimate of drug-likeness (QED) is 0.824. The first-order chi connectivity index (χ1) is 10.1. The van der Waals surface area contributed by atoms with Gasteiger partial charge in [-0.25, -0.2) is 13.4 Å². The highest BCUT2D eigenvalue weighted by molar-refractivity contribution is 7.89. The van der Waals surface area contributed by atoms with Crippen molar-refractivity contribution in [2.24, 2.45) is 0 Å². The van der Waals surface area contributed by atoms with Gasteiger partial charge in [0, 0.05) is 36.9 Å². The highest BCUT2D eigenvalue weighted by atomic mass is 32.2. The molecule has 21 heavy (non-hydrogen) atoms. The van der Waals surface area contributed by atoms with Crippen LogP contribution in [0.5, 0.6) is 5.88 Å². The molecular formula is C12H16N4O3S2. The zero-order chi connectivity index (χ0) is 14.9. The average Bonchev–Trinajstić information content (AvgIpc) is 3.20. The van der Waals surface area contributed by atoms with Crippen LogP contribution in [0.1, 0.15) is 12.8 Å². The van der Waals surface area contributed by atoms with E-state index in [2.05, 4.69) is 9.36 Å². The second-order valence-electron chi connectivity index (χ2n) is 4.86. The second kappa shape index (κ2) is 5.74. The zero-order valence-electron chi connectivity index (χ0n) is 11.5. The third-order valence-electron chi connectivity index (χ3n) is 3.59. The number of methoxy groups -OCH3 is 1. The maximum Gasteiger partial charge on any atom is 0.249 e. The number of hydrogen-bond donors (Lipinski definition) is 0. The van der Waals surface area contributed by atoms with Crippen LogP contribution in [-0.2, 0) is 16.6 Å². The highest BCUT2D eigenvalue weighted by Gasteiger charge is 2.37. The highest BCUT2D eigenvalue weighted by Crippen LogP contribution is 2.32. The lowest BCUT2D eigenvalue weighted by Crippen LogP contribution is -2.37. The number of hydrogen-bond acceptors (Lipinski definition) is 6. The smallest absolute Gasteiger partial charge is 0.249 e. The summed E-state index contributed by atoms with van der Waals surface area (Å²) >= 11 is 1.09. The first kappa shape index (κ1) is 14.5. The van der Waals surface area contributed by atoms with E-state index in [-0.39, 0.29) is 16.8 Å².